The zero-order chi connectivity index (χ0) is 13.3. The Labute approximate surface area is 119 Å². The van der Waals surface area contributed by atoms with Crippen LogP contribution >= 0.6 is 0 Å². The van der Waals surface area contributed by atoms with Crippen LogP contribution in [0.4, 0.5) is 0 Å². The number of hydrogen-bond donors (Lipinski definition) is 1. The van der Waals surface area contributed by atoms with Crippen LogP contribution < -0.4 is 5.32 Å². The summed E-state index contributed by atoms with van der Waals surface area (Å²) in [6.45, 7) is 8.74. The van der Waals surface area contributed by atoms with Crippen molar-refractivity contribution in [2.24, 2.45) is 11.8 Å². The summed E-state index contributed by atoms with van der Waals surface area (Å²) in [5.74, 6) is 1.80. The van der Waals surface area contributed by atoms with Crippen molar-refractivity contribution < 1.29 is 0 Å². The van der Waals surface area contributed by atoms with E-state index < -0.39 is 0 Å². The maximum atomic E-state index is 3.96. The molecule has 0 aromatic carbocycles. The Morgan fingerprint density at radius 1 is 1.11 bits per heavy atom. The molecule has 1 spiro atoms. The molecule has 3 aliphatic rings. The molecule has 2 nitrogen and oxygen atoms in total. The Hall–Kier alpha value is -0.0800. The molecular weight excluding hydrogens is 232 g/mol. The summed E-state index contributed by atoms with van der Waals surface area (Å²) >= 11 is 0. The van der Waals surface area contributed by atoms with Gasteiger partial charge < -0.3 is 5.32 Å². The number of nitrogens with one attached hydrogen (secondary N) is 1. The highest BCUT2D eigenvalue weighted by atomic mass is 15.3. The molecular formula is C17H32N2. The van der Waals surface area contributed by atoms with Gasteiger partial charge >= 0.3 is 0 Å². The maximum absolute atomic E-state index is 3.96. The lowest BCUT2D eigenvalue weighted by molar-refractivity contribution is 0.0167. The van der Waals surface area contributed by atoms with E-state index in [4.69, 9.17) is 0 Å². The van der Waals surface area contributed by atoms with Crippen molar-refractivity contribution in [3.63, 3.8) is 0 Å². The molecule has 2 aliphatic carbocycles. The van der Waals surface area contributed by atoms with E-state index >= 15 is 0 Å². The lowest BCUT2D eigenvalue weighted by Crippen LogP contribution is -2.66. The monoisotopic (exact) mass is 264 g/mol. The third kappa shape index (κ3) is 3.00. The van der Waals surface area contributed by atoms with E-state index in [-0.39, 0.29) is 0 Å². The summed E-state index contributed by atoms with van der Waals surface area (Å²) < 4.78 is 0. The molecule has 0 aromatic rings. The molecule has 1 saturated heterocycles. The zero-order valence-corrected chi connectivity index (χ0v) is 13.0. The standard InChI is InChI=1S/C17H32N2/c1-14(2)16-11-18-17(9-4-3-5-10-17)13-19(16)12-15-7-6-8-15/h14-16,18H,3-13H2,1-2H3. The Morgan fingerprint density at radius 2 is 1.84 bits per heavy atom. The maximum Gasteiger partial charge on any atom is 0.0309 e. The Bertz CT molecular complexity index is 290. The Kier molecular flexibility index (Phi) is 4.19. The number of hydrogen-bond acceptors (Lipinski definition) is 2. The smallest absolute Gasteiger partial charge is 0.0309 e. The number of rotatable bonds is 3. The van der Waals surface area contributed by atoms with Crippen molar-refractivity contribution in [3.05, 3.63) is 0 Å². The second-order valence-corrected chi connectivity index (χ2v) is 7.76. The predicted octanol–water partition coefficient (Wildman–Crippen LogP) is 3.42. The van der Waals surface area contributed by atoms with Crippen LogP contribution in [0.15, 0.2) is 0 Å². The molecule has 3 rings (SSSR count). The molecule has 1 unspecified atom stereocenters. The first-order valence-electron chi connectivity index (χ1n) is 8.68. The van der Waals surface area contributed by atoms with Crippen LogP contribution in [0.2, 0.25) is 0 Å². The van der Waals surface area contributed by atoms with Gasteiger partial charge in [0.1, 0.15) is 0 Å². The molecule has 3 fully saturated rings. The van der Waals surface area contributed by atoms with Crippen molar-refractivity contribution >= 4 is 0 Å². The van der Waals surface area contributed by atoms with Crippen LogP contribution in [0.5, 0.6) is 0 Å². The summed E-state index contributed by atoms with van der Waals surface area (Å²) in [6, 6.07) is 0.771. The van der Waals surface area contributed by atoms with Crippen LogP contribution in [0, 0.1) is 11.8 Å². The van der Waals surface area contributed by atoms with E-state index in [1.807, 2.05) is 0 Å². The molecule has 110 valence electrons. The van der Waals surface area contributed by atoms with Gasteiger partial charge in [0.25, 0.3) is 0 Å². The SMILES string of the molecule is CC(C)C1CNC2(CCCCC2)CN1CC1CCC1. The summed E-state index contributed by atoms with van der Waals surface area (Å²) in [6.07, 6.45) is 11.6. The van der Waals surface area contributed by atoms with Gasteiger partial charge in [-0.05, 0) is 37.5 Å². The van der Waals surface area contributed by atoms with Crippen LogP contribution in [0.1, 0.15) is 65.2 Å². The molecule has 0 aromatic heterocycles. The molecule has 0 amide bonds. The number of piperazine rings is 1. The quantitative estimate of drug-likeness (QED) is 0.840. The van der Waals surface area contributed by atoms with Crippen molar-refractivity contribution in [1.82, 2.24) is 10.2 Å². The van der Waals surface area contributed by atoms with E-state index in [9.17, 15) is 0 Å². The highest BCUT2D eigenvalue weighted by Crippen LogP contribution is 2.35. The van der Waals surface area contributed by atoms with Crippen LogP contribution in [0.25, 0.3) is 0 Å². The lowest BCUT2D eigenvalue weighted by Gasteiger charge is -2.52. The van der Waals surface area contributed by atoms with Gasteiger partial charge in [0.2, 0.25) is 0 Å². The Morgan fingerprint density at radius 3 is 2.42 bits per heavy atom. The van der Waals surface area contributed by atoms with E-state index in [0.717, 1.165) is 17.9 Å². The minimum Gasteiger partial charge on any atom is -0.308 e. The molecule has 2 heteroatoms. The lowest BCUT2D eigenvalue weighted by atomic mass is 9.77. The van der Waals surface area contributed by atoms with Gasteiger partial charge in [-0.25, -0.2) is 0 Å². The highest BCUT2D eigenvalue weighted by molar-refractivity contribution is 5.00. The second-order valence-electron chi connectivity index (χ2n) is 7.76. The normalized spacial score (nSPS) is 32.7. The van der Waals surface area contributed by atoms with Crippen LogP contribution in [0.3, 0.4) is 0 Å². The van der Waals surface area contributed by atoms with Gasteiger partial charge in [0.15, 0.2) is 0 Å². The summed E-state index contributed by atoms with van der Waals surface area (Å²) in [5, 5.41) is 3.96. The van der Waals surface area contributed by atoms with Gasteiger partial charge in [-0.2, -0.15) is 0 Å². The zero-order valence-electron chi connectivity index (χ0n) is 13.0. The molecule has 1 aliphatic heterocycles. The molecule has 2 saturated carbocycles. The van der Waals surface area contributed by atoms with E-state index in [2.05, 4.69) is 24.1 Å². The van der Waals surface area contributed by atoms with Crippen LogP contribution in [-0.4, -0.2) is 36.1 Å². The third-order valence-corrected chi connectivity index (χ3v) is 5.96. The van der Waals surface area contributed by atoms with E-state index in [1.165, 1.54) is 71.0 Å². The van der Waals surface area contributed by atoms with Crippen molar-refractivity contribution in [2.45, 2.75) is 76.8 Å². The molecule has 0 radical (unpaired) electrons. The predicted molar refractivity (Wildman–Crippen MR) is 81.4 cm³/mol. The molecule has 19 heavy (non-hydrogen) atoms. The first-order chi connectivity index (χ1) is 9.19. The fourth-order valence-electron chi connectivity index (χ4n) is 4.44. The highest BCUT2D eigenvalue weighted by Gasteiger charge is 2.41. The Balaban J connectivity index is 1.66. The van der Waals surface area contributed by atoms with Gasteiger partial charge in [-0.1, -0.05) is 39.5 Å². The minimum atomic E-state index is 0.480. The fourth-order valence-corrected chi connectivity index (χ4v) is 4.44. The molecule has 1 atom stereocenters. The third-order valence-electron chi connectivity index (χ3n) is 5.96. The summed E-state index contributed by atoms with van der Waals surface area (Å²) in [4.78, 5) is 2.87. The van der Waals surface area contributed by atoms with Gasteiger partial charge in [-0.15, -0.1) is 0 Å². The molecule has 1 heterocycles. The van der Waals surface area contributed by atoms with Crippen molar-refractivity contribution in [2.75, 3.05) is 19.6 Å². The van der Waals surface area contributed by atoms with Gasteiger partial charge in [-0.3, -0.25) is 4.90 Å². The minimum absolute atomic E-state index is 0.480. The van der Waals surface area contributed by atoms with E-state index in [0.29, 0.717) is 5.54 Å². The van der Waals surface area contributed by atoms with Gasteiger partial charge in [0, 0.05) is 31.2 Å². The van der Waals surface area contributed by atoms with Crippen LogP contribution in [-0.2, 0) is 0 Å². The number of nitrogens with zero attached hydrogens (tertiary/aromatic N) is 1. The fraction of sp³-hybridized carbons (Fsp3) is 1.00. The van der Waals surface area contributed by atoms with Gasteiger partial charge in [0.05, 0.1) is 0 Å². The van der Waals surface area contributed by atoms with E-state index in [1.54, 1.807) is 0 Å². The van der Waals surface area contributed by atoms with Crippen molar-refractivity contribution in [3.8, 4) is 0 Å². The second kappa shape index (κ2) is 5.73. The average molecular weight is 264 g/mol. The summed E-state index contributed by atoms with van der Waals surface area (Å²) in [5.41, 5.74) is 0.480. The first-order valence-corrected chi connectivity index (χ1v) is 8.68. The topological polar surface area (TPSA) is 15.3 Å². The average Bonchev–Trinajstić information content (AvgIpc) is 2.34. The summed E-state index contributed by atoms with van der Waals surface area (Å²) in [7, 11) is 0. The first kappa shape index (κ1) is 13.9. The molecule has 1 N–H and O–H groups in total. The largest absolute Gasteiger partial charge is 0.308 e. The van der Waals surface area contributed by atoms with Crippen molar-refractivity contribution in [1.29, 1.82) is 0 Å². The molecule has 0 bridgehead atoms.